The van der Waals surface area contributed by atoms with Crippen LogP contribution in [-0.2, 0) is 6.54 Å². The maximum atomic E-state index is 13.0. The van der Waals surface area contributed by atoms with Crippen molar-refractivity contribution in [2.75, 3.05) is 39.3 Å². The summed E-state index contributed by atoms with van der Waals surface area (Å²) in [5, 5.41) is 13.9. The number of hydrogen-bond donors (Lipinski definition) is 2. The zero-order valence-corrected chi connectivity index (χ0v) is 15.0. The third-order valence-electron chi connectivity index (χ3n) is 4.94. The molecule has 1 saturated heterocycles. The SMILES string of the molecule is CCN(CC)CCCN[C@@H]1CCN(Cc2ccc(F)cc2)C[C@H]1O. The van der Waals surface area contributed by atoms with Crippen LogP contribution in [0.3, 0.4) is 0 Å². The molecule has 2 N–H and O–H groups in total. The van der Waals surface area contributed by atoms with E-state index in [0.29, 0.717) is 6.54 Å². The van der Waals surface area contributed by atoms with Crippen molar-refractivity contribution in [1.82, 2.24) is 15.1 Å². The predicted molar refractivity (Wildman–Crippen MR) is 96.5 cm³/mol. The fourth-order valence-electron chi connectivity index (χ4n) is 3.36. The molecule has 1 aromatic rings. The molecule has 0 amide bonds. The minimum Gasteiger partial charge on any atom is -0.390 e. The molecule has 0 aliphatic carbocycles. The molecule has 2 rings (SSSR count). The third kappa shape index (κ3) is 6.13. The predicted octanol–water partition coefficient (Wildman–Crippen LogP) is 2.08. The first-order chi connectivity index (χ1) is 11.6. The van der Waals surface area contributed by atoms with Crippen LogP contribution in [0.25, 0.3) is 0 Å². The molecular formula is C19H32FN3O. The topological polar surface area (TPSA) is 38.7 Å². The number of nitrogens with one attached hydrogen (secondary N) is 1. The van der Waals surface area contributed by atoms with Gasteiger partial charge < -0.3 is 15.3 Å². The van der Waals surface area contributed by atoms with Crippen molar-refractivity contribution >= 4 is 0 Å². The van der Waals surface area contributed by atoms with Gasteiger partial charge in [0.15, 0.2) is 0 Å². The van der Waals surface area contributed by atoms with Gasteiger partial charge in [0.2, 0.25) is 0 Å². The average Bonchev–Trinajstić information content (AvgIpc) is 2.59. The second-order valence-electron chi connectivity index (χ2n) is 6.66. The van der Waals surface area contributed by atoms with Crippen molar-refractivity contribution in [2.45, 2.75) is 45.4 Å². The van der Waals surface area contributed by atoms with E-state index in [-0.39, 0.29) is 18.0 Å². The molecule has 2 atom stereocenters. The largest absolute Gasteiger partial charge is 0.390 e. The van der Waals surface area contributed by atoms with Crippen molar-refractivity contribution in [2.24, 2.45) is 0 Å². The van der Waals surface area contributed by atoms with E-state index >= 15 is 0 Å². The van der Waals surface area contributed by atoms with Gasteiger partial charge in [0, 0.05) is 25.7 Å². The Bertz CT molecular complexity index is 464. The Hall–Kier alpha value is -1.01. The van der Waals surface area contributed by atoms with Crippen LogP contribution in [0.1, 0.15) is 32.3 Å². The number of aliphatic hydroxyl groups is 1. The van der Waals surface area contributed by atoms with Gasteiger partial charge >= 0.3 is 0 Å². The molecule has 0 saturated carbocycles. The maximum Gasteiger partial charge on any atom is 0.123 e. The lowest BCUT2D eigenvalue weighted by atomic mass is 10.0. The molecule has 1 aromatic carbocycles. The normalized spacial score (nSPS) is 22.2. The minimum absolute atomic E-state index is 0.186. The highest BCUT2D eigenvalue weighted by molar-refractivity contribution is 5.16. The summed E-state index contributed by atoms with van der Waals surface area (Å²) in [4.78, 5) is 4.66. The second kappa shape index (κ2) is 10.1. The van der Waals surface area contributed by atoms with E-state index < -0.39 is 0 Å². The first kappa shape index (κ1) is 19.3. The molecule has 5 heteroatoms. The summed E-state index contributed by atoms with van der Waals surface area (Å²) >= 11 is 0. The molecule has 0 bridgehead atoms. The van der Waals surface area contributed by atoms with E-state index in [1.165, 1.54) is 12.1 Å². The molecule has 24 heavy (non-hydrogen) atoms. The van der Waals surface area contributed by atoms with E-state index in [4.69, 9.17) is 0 Å². The number of aliphatic hydroxyl groups excluding tert-OH is 1. The second-order valence-corrected chi connectivity index (χ2v) is 6.66. The highest BCUT2D eigenvalue weighted by Gasteiger charge is 2.27. The number of benzene rings is 1. The van der Waals surface area contributed by atoms with Crippen LogP contribution in [0.5, 0.6) is 0 Å². The standard InChI is InChI=1S/C19H32FN3O/c1-3-22(4-2)12-5-11-21-18-10-13-23(15-19(18)24)14-16-6-8-17(20)9-7-16/h6-9,18-19,21,24H,3-5,10-15H2,1-2H3/t18-,19-/m1/s1. The van der Waals surface area contributed by atoms with Gasteiger partial charge in [-0.15, -0.1) is 0 Å². The summed E-state index contributed by atoms with van der Waals surface area (Å²) < 4.78 is 13.0. The first-order valence-electron chi connectivity index (χ1n) is 9.23. The van der Waals surface area contributed by atoms with E-state index in [2.05, 4.69) is 29.0 Å². The molecule has 1 aliphatic heterocycles. The van der Waals surface area contributed by atoms with Gasteiger partial charge in [0.1, 0.15) is 5.82 Å². The molecule has 1 aliphatic rings. The summed E-state index contributed by atoms with van der Waals surface area (Å²) in [6.07, 6.45) is 1.73. The van der Waals surface area contributed by atoms with Crippen molar-refractivity contribution in [3.05, 3.63) is 35.6 Å². The van der Waals surface area contributed by atoms with Crippen LogP contribution in [0, 0.1) is 5.82 Å². The van der Waals surface area contributed by atoms with Crippen LogP contribution >= 0.6 is 0 Å². The Labute approximate surface area is 145 Å². The number of piperidine rings is 1. The monoisotopic (exact) mass is 337 g/mol. The lowest BCUT2D eigenvalue weighted by Gasteiger charge is -2.36. The Morgan fingerprint density at radius 3 is 2.58 bits per heavy atom. The van der Waals surface area contributed by atoms with Crippen LogP contribution in [0.15, 0.2) is 24.3 Å². The van der Waals surface area contributed by atoms with Gasteiger partial charge in [-0.05, 0) is 56.7 Å². The Morgan fingerprint density at radius 2 is 1.96 bits per heavy atom. The van der Waals surface area contributed by atoms with Gasteiger partial charge in [-0.3, -0.25) is 4.90 Å². The van der Waals surface area contributed by atoms with Crippen LogP contribution in [-0.4, -0.2) is 66.3 Å². The molecule has 1 fully saturated rings. The number of β-amino-alcohol motifs (C(OH)–C–C–N with tert-alkyl or cyclic N) is 1. The fraction of sp³-hybridized carbons (Fsp3) is 0.684. The molecule has 0 aromatic heterocycles. The molecule has 0 spiro atoms. The number of hydrogen-bond acceptors (Lipinski definition) is 4. The van der Waals surface area contributed by atoms with E-state index in [1.54, 1.807) is 0 Å². The number of rotatable bonds is 9. The van der Waals surface area contributed by atoms with Crippen molar-refractivity contribution in [3.8, 4) is 0 Å². The van der Waals surface area contributed by atoms with Crippen LogP contribution in [0.4, 0.5) is 4.39 Å². The molecule has 1 heterocycles. The number of likely N-dealkylation sites (tertiary alicyclic amines) is 1. The number of halogens is 1. The van der Waals surface area contributed by atoms with Gasteiger partial charge in [-0.1, -0.05) is 26.0 Å². The number of nitrogens with zero attached hydrogens (tertiary/aromatic N) is 2. The van der Waals surface area contributed by atoms with Gasteiger partial charge in [0.25, 0.3) is 0 Å². The molecule has 136 valence electrons. The lowest BCUT2D eigenvalue weighted by molar-refractivity contribution is 0.0369. The zero-order valence-electron chi connectivity index (χ0n) is 15.0. The fourth-order valence-corrected chi connectivity index (χ4v) is 3.36. The zero-order chi connectivity index (χ0) is 17.4. The van der Waals surface area contributed by atoms with E-state index in [0.717, 1.165) is 57.7 Å². The average molecular weight is 337 g/mol. The third-order valence-corrected chi connectivity index (χ3v) is 4.94. The maximum absolute atomic E-state index is 13.0. The summed E-state index contributed by atoms with van der Waals surface area (Å²) in [5.74, 6) is -0.202. The van der Waals surface area contributed by atoms with Crippen molar-refractivity contribution < 1.29 is 9.50 Å². The Kier molecular flexibility index (Phi) is 8.12. The summed E-state index contributed by atoms with van der Waals surface area (Å²) in [5.41, 5.74) is 1.09. The molecule has 4 nitrogen and oxygen atoms in total. The Morgan fingerprint density at radius 1 is 1.25 bits per heavy atom. The van der Waals surface area contributed by atoms with Gasteiger partial charge in [0.05, 0.1) is 6.10 Å². The quantitative estimate of drug-likeness (QED) is 0.677. The smallest absolute Gasteiger partial charge is 0.123 e. The van der Waals surface area contributed by atoms with Gasteiger partial charge in [-0.25, -0.2) is 4.39 Å². The Balaban J connectivity index is 1.67. The van der Waals surface area contributed by atoms with E-state index in [1.807, 2.05) is 12.1 Å². The highest BCUT2D eigenvalue weighted by atomic mass is 19.1. The molecular weight excluding hydrogens is 305 g/mol. The first-order valence-corrected chi connectivity index (χ1v) is 9.23. The van der Waals surface area contributed by atoms with Crippen molar-refractivity contribution in [3.63, 3.8) is 0 Å². The van der Waals surface area contributed by atoms with Gasteiger partial charge in [-0.2, -0.15) is 0 Å². The summed E-state index contributed by atoms with van der Waals surface area (Å²) in [6.45, 7) is 11.0. The van der Waals surface area contributed by atoms with E-state index in [9.17, 15) is 9.50 Å². The molecule has 0 radical (unpaired) electrons. The summed E-state index contributed by atoms with van der Waals surface area (Å²) in [7, 11) is 0. The highest BCUT2D eigenvalue weighted by Crippen LogP contribution is 2.15. The summed E-state index contributed by atoms with van der Waals surface area (Å²) in [6, 6.07) is 6.82. The van der Waals surface area contributed by atoms with Crippen molar-refractivity contribution in [1.29, 1.82) is 0 Å². The lowest BCUT2D eigenvalue weighted by Crippen LogP contribution is -2.52. The minimum atomic E-state index is -0.340. The van der Waals surface area contributed by atoms with Crippen LogP contribution < -0.4 is 5.32 Å². The van der Waals surface area contributed by atoms with Crippen LogP contribution in [0.2, 0.25) is 0 Å². The molecule has 0 unspecified atom stereocenters.